The summed E-state index contributed by atoms with van der Waals surface area (Å²) in [6, 6.07) is 3.86. The summed E-state index contributed by atoms with van der Waals surface area (Å²) in [7, 11) is 0. The van der Waals surface area contributed by atoms with Gasteiger partial charge >= 0.3 is 0 Å². The maximum atomic E-state index is 4.73. The van der Waals surface area contributed by atoms with Gasteiger partial charge in [0.05, 0.1) is 11.4 Å². The van der Waals surface area contributed by atoms with E-state index in [-0.39, 0.29) is 0 Å². The quantitative estimate of drug-likeness (QED) is 0.924. The van der Waals surface area contributed by atoms with Gasteiger partial charge in [0.1, 0.15) is 5.69 Å². The van der Waals surface area contributed by atoms with Crippen molar-refractivity contribution in [3.8, 4) is 11.5 Å². The van der Waals surface area contributed by atoms with Crippen LogP contribution >= 0.6 is 15.9 Å². The maximum absolute atomic E-state index is 4.73. The molecule has 0 aromatic carbocycles. The minimum absolute atomic E-state index is 0.387. The second-order valence-corrected chi connectivity index (χ2v) is 5.80. The zero-order valence-corrected chi connectivity index (χ0v) is 12.5. The van der Waals surface area contributed by atoms with Crippen LogP contribution in [0.3, 0.4) is 0 Å². The van der Waals surface area contributed by atoms with Crippen molar-refractivity contribution in [1.29, 1.82) is 0 Å². The molecule has 98 valence electrons. The van der Waals surface area contributed by atoms with E-state index in [1.807, 2.05) is 12.1 Å². The lowest BCUT2D eigenvalue weighted by Gasteiger charge is -2.12. The summed E-state index contributed by atoms with van der Waals surface area (Å²) in [6.07, 6.45) is 1.77. The molecule has 0 saturated heterocycles. The van der Waals surface area contributed by atoms with Gasteiger partial charge in [-0.25, -0.2) is 9.97 Å². The van der Waals surface area contributed by atoms with E-state index in [0.717, 1.165) is 34.6 Å². The van der Waals surface area contributed by atoms with Crippen LogP contribution in [-0.4, -0.2) is 15.0 Å². The van der Waals surface area contributed by atoms with E-state index in [0.29, 0.717) is 11.7 Å². The van der Waals surface area contributed by atoms with Crippen LogP contribution in [0.4, 0.5) is 0 Å². The molecule has 2 aromatic heterocycles. The number of hydrogen-bond acceptors (Lipinski definition) is 4. The molecule has 19 heavy (non-hydrogen) atoms. The summed E-state index contributed by atoms with van der Waals surface area (Å²) < 4.78 is 0.926. The Kier molecular flexibility index (Phi) is 3.33. The predicted octanol–water partition coefficient (Wildman–Crippen LogP) is 3.03. The number of fused-ring (bicyclic) bond motifs is 1. The number of rotatable bonds is 2. The van der Waals surface area contributed by atoms with Crippen LogP contribution in [0.25, 0.3) is 11.5 Å². The van der Waals surface area contributed by atoms with Crippen LogP contribution in [-0.2, 0) is 13.1 Å². The molecule has 0 saturated carbocycles. The Labute approximate surface area is 120 Å². The fourth-order valence-corrected chi connectivity index (χ4v) is 2.76. The highest BCUT2D eigenvalue weighted by Gasteiger charge is 2.22. The highest BCUT2D eigenvalue weighted by Crippen LogP contribution is 2.28. The Bertz CT molecular complexity index is 625. The smallest absolute Gasteiger partial charge is 0.179 e. The minimum atomic E-state index is 0.387. The van der Waals surface area contributed by atoms with Crippen molar-refractivity contribution in [3.63, 3.8) is 0 Å². The predicted molar refractivity (Wildman–Crippen MR) is 77.6 cm³/mol. The van der Waals surface area contributed by atoms with Gasteiger partial charge in [0, 0.05) is 29.3 Å². The molecule has 0 radical (unpaired) electrons. The van der Waals surface area contributed by atoms with Gasteiger partial charge in [0.15, 0.2) is 5.82 Å². The largest absolute Gasteiger partial charge is 0.307 e. The molecule has 0 spiro atoms. The zero-order chi connectivity index (χ0) is 13.4. The number of halogens is 1. The average Bonchev–Trinajstić information content (AvgIpc) is 2.86. The Morgan fingerprint density at radius 2 is 2.11 bits per heavy atom. The SMILES string of the molecule is CC(C)c1nc(-c2ncccc2Br)nc2c1CNC2. The van der Waals surface area contributed by atoms with E-state index in [2.05, 4.69) is 45.1 Å². The average molecular weight is 319 g/mol. The van der Waals surface area contributed by atoms with Crippen LogP contribution in [0, 0.1) is 0 Å². The molecule has 3 heterocycles. The van der Waals surface area contributed by atoms with Gasteiger partial charge in [-0.1, -0.05) is 13.8 Å². The van der Waals surface area contributed by atoms with E-state index < -0.39 is 0 Å². The lowest BCUT2D eigenvalue weighted by Crippen LogP contribution is -2.06. The fourth-order valence-electron chi connectivity index (χ4n) is 2.33. The van der Waals surface area contributed by atoms with Crippen molar-refractivity contribution in [2.45, 2.75) is 32.9 Å². The first kappa shape index (κ1) is 12.7. The third-order valence-electron chi connectivity index (χ3n) is 3.24. The Hall–Kier alpha value is -1.33. The minimum Gasteiger partial charge on any atom is -0.307 e. The molecule has 3 rings (SSSR count). The topological polar surface area (TPSA) is 50.7 Å². The molecule has 1 aliphatic rings. The third-order valence-corrected chi connectivity index (χ3v) is 3.88. The van der Waals surface area contributed by atoms with Crippen molar-refractivity contribution in [2.75, 3.05) is 0 Å². The first-order chi connectivity index (χ1) is 9.16. The molecule has 0 aliphatic carbocycles. The van der Waals surface area contributed by atoms with Crippen LogP contribution in [0.5, 0.6) is 0 Å². The molecular weight excluding hydrogens is 304 g/mol. The molecule has 1 aliphatic heterocycles. The van der Waals surface area contributed by atoms with E-state index in [9.17, 15) is 0 Å². The maximum Gasteiger partial charge on any atom is 0.179 e. The van der Waals surface area contributed by atoms with Gasteiger partial charge < -0.3 is 5.32 Å². The van der Waals surface area contributed by atoms with Gasteiger partial charge in [-0.05, 0) is 34.0 Å². The molecule has 0 fully saturated rings. The number of pyridine rings is 1. The van der Waals surface area contributed by atoms with E-state index in [1.54, 1.807) is 6.20 Å². The first-order valence-electron chi connectivity index (χ1n) is 6.38. The Morgan fingerprint density at radius 1 is 1.26 bits per heavy atom. The number of nitrogens with one attached hydrogen (secondary N) is 1. The second kappa shape index (κ2) is 4.98. The van der Waals surface area contributed by atoms with Crippen molar-refractivity contribution < 1.29 is 0 Å². The first-order valence-corrected chi connectivity index (χ1v) is 7.17. The van der Waals surface area contributed by atoms with E-state index >= 15 is 0 Å². The Morgan fingerprint density at radius 3 is 2.84 bits per heavy atom. The number of hydrogen-bond donors (Lipinski definition) is 1. The highest BCUT2D eigenvalue weighted by atomic mass is 79.9. The Balaban J connectivity index is 2.19. The standard InChI is InChI=1S/C14H15BrN4/c1-8(2)12-9-6-16-7-11(9)18-14(19-12)13-10(15)4-3-5-17-13/h3-5,8,16H,6-7H2,1-2H3. The van der Waals surface area contributed by atoms with Crippen molar-refractivity contribution in [3.05, 3.63) is 39.8 Å². The second-order valence-electron chi connectivity index (χ2n) is 4.95. The van der Waals surface area contributed by atoms with Gasteiger partial charge in [-0.15, -0.1) is 0 Å². The lowest BCUT2D eigenvalue weighted by molar-refractivity contribution is 0.746. The summed E-state index contributed by atoms with van der Waals surface area (Å²) in [5.41, 5.74) is 4.29. The summed E-state index contributed by atoms with van der Waals surface area (Å²) in [4.78, 5) is 13.8. The van der Waals surface area contributed by atoms with Crippen molar-refractivity contribution >= 4 is 15.9 Å². The highest BCUT2D eigenvalue weighted by molar-refractivity contribution is 9.10. The van der Waals surface area contributed by atoms with Crippen LogP contribution in [0.2, 0.25) is 0 Å². The van der Waals surface area contributed by atoms with Gasteiger partial charge in [0.25, 0.3) is 0 Å². The lowest BCUT2D eigenvalue weighted by atomic mass is 10.0. The molecule has 5 heteroatoms. The van der Waals surface area contributed by atoms with Crippen LogP contribution < -0.4 is 5.32 Å². The van der Waals surface area contributed by atoms with E-state index in [1.165, 1.54) is 5.56 Å². The van der Waals surface area contributed by atoms with Crippen molar-refractivity contribution in [2.24, 2.45) is 0 Å². The van der Waals surface area contributed by atoms with Crippen LogP contribution in [0.1, 0.15) is 36.7 Å². The zero-order valence-electron chi connectivity index (χ0n) is 10.9. The summed E-state index contributed by atoms with van der Waals surface area (Å²) in [5, 5.41) is 3.34. The molecule has 0 unspecified atom stereocenters. The molecule has 4 nitrogen and oxygen atoms in total. The van der Waals surface area contributed by atoms with Gasteiger partial charge in [0.2, 0.25) is 0 Å². The summed E-state index contributed by atoms with van der Waals surface area (Å²) in [5.74, 6) is 1.09. The van der Waals surface area contributed by atoms with Gasteiger partial charge in [-0.2, -0.15) is 0 Å². The van der Waals surface area contributed by atoms with E-state index in [4.69, 9.17) is 4.98 Å². The molecule has 0 amide bonds. The van der Waals surface area contributed by atoms with Gasteiger partial charge in [-0.3, -0.25) is 4.98 Å². The molecule has 1 N–H and O–H groups in total. The molecular formula is C14H15BrN4. The number of aromatic nitrogens is 3. The van der Waals surface area contributed by atoms with Crippen molar-refractivity contribution in [1.82, 2.24) is 20.3 Å². The fraction of sp³-hybridized carbons (Fsp3) is 0.357. The number of nitrogens with zero attached hydrogens (tertiary/aromatic N) is 3. The monoisotopic (exact) mass is 318 g/mol. The molecule has 2 aromatic rings. The third kappa shape index (κ3) is 2.28. The molecule has 0 bridgehead atoms. The summed E-state index contributed by atoms with van der Waals surface area (Å²) in [6.45, 7) is 6.01. The summed E-state index contributed by atoms with van der Waals surface area (Å²) >= 11 is 3.52. The van der Waals surface area contributed by atoms with Crippen LogP contribution in [0.15, 0.2) is 22.8 Å². The normalized spacial score (nSPS) is 13.9. The molecule has 0 atom stereocenters.